The Balaban J connectivity index is 3.25. The maximum Gasteiger partial charge on any atom is 0.203 e. The van der Waals surface area contributed by atoms with E-state index in [9.17, 15) is 0 Å². The van der Waals surface area contributed by atoms with Gasteiger partial charge in [-0.25, -0.2) is 0 Å². The smallest absolute Gasteiger partial charge is 0.203 e. The summed E-state index contributed by atoms with van der Waals surface area (Å²) in [6.07, 6.45) is 0.866. The molecule has 0 fully saturated rings. The fourth-order valence-corrected chi connectivity index (χ4v) is 1.86. The minimum Gasteiger partial charge on any atom is -0.490 e. The van der Waals surface area contributed by atoms with Crippen LogP contribution in [0.25, 0.3) is 0 Å². The van der Waals surface area contributed by atoms with Crippen molar-refractivity contribution < 1.29 is 14.2 Å². The molecule has 0 radical (unpaired) electrons. The van der Waals surface area contributed by atoms with E-state index in [4.69, 9.17) is 19.9 Å². The zero-order valence-corrected chi connectivity index (χ0v) is 12.4. The molecule has 0 heterocycles. The standard InChI is InChI=1S/C15H25NO3/c1-5-12(16)11-9-13(17-6-2)15(19-8-4)14(10-11)18-7-3/h9-10,12H,5-8,16H2,1-4H3. The van der Waals surface area contributed by atoms with Gasteiger partial charge in [0.1, 0.15) is 0 Å². The van der Waals surface area contributed by atoms with Gasteiger partial charge in [-0.05, 0) is 44.9 Å². The molecule has 2 N–H and O–H groups in total. The predicted molar refractivity (Wildman–Crippen MR) is 77.2 cm³/mol. The Labute approximate surface area is 115 Å². The van der Waals surface area contributed by atoms with Crippen LogP contribution in [0.2, 0.25) is 0 Å². The molecule has 1 rings (SSSR count). The monoisotopic (exact) mass is 267 g/mol. The molecule has 19 heavy (non-hydrogen) atoms. The summed E-state index contributed by atoms with van der Waals surface area (Å²) < 4.78 is 17.0. The fourth-order valence-electron chi connectivity index (χ4n) is 1.86. The molecule has 0 spiro atoms. The van der Waals surface area contributed by atoms with Gasteiger partial charge in [0.25, 0.3) is 0 Å². The SMILES string of the molecule is CCOc1cc(C(N)CC)cc(OCC)c1OCC. The van der Waals surface area contributed by atoms with Crippen molar-refractivity contribution in [3.63, 3.8) is 0 Å². The van der Waals surface area contributed by atoms with Crippen molar-refractivity contribution in [3.05, 3.63) is 17.7 Å². The van der Waals surface area contributed by atoms with E-state index in [0.717, 1.165) is 12.0 Å². The first-order valence-corrected chi connectivity index (χ1v) is 6.99. The minimum absolute atomic E-state index is 0.0194. The number of hydrogen-bond acceptors (Lipinski definition) is 4. The van der Waals surface area contributed by atoms with Gasteiger partial charge in [0.15, 0.2) is 11.5 Å². The van der Waals surface area contributed by atoms with E-state index in [2.05, 4.69) is 6.92 Å². The van der Waals surface area contributed by atoms with Crippen LogP contribution in [-0.2, 0) is 0 Å². The van der Waals surface area contributed by atoms with E-state index < -0.39 is 0 Å². The summed E-state index contributed by atoms with van der Waals surface area (Å²) in [4.78, 5) is 0. The third kappa shape index (κ3) is 4.03. The highest BCUT2D eigenvalue weighted by Gasteiger charge is 2.17. The lowest BCUT2D eigenvalue weighted by atomic mass is 10.0. The summed E-state index contributed by atoms with van der Waals surface area (Å²) in [6, 6.07) is 3.88. The van der Waals surface area contributed by atoms with E-state index in [0.29, 0.717) is 37.1 Å². The van der Waals surface area contributed by atoms with Crippen LogP contribution in [0.3, 0.4) is 0 Å². The van der Waals surface area contributed by atoms with Crippen molar-refractivity contribution in [2.24, 2.45) is 5.73 Å². The summed E-state index contributed by atoms with van der Waals surface area (Å²) >= 11 is 0. The molecular weight excluding hydrogens is 242 g/mol. The van der Waals surface area contributed by atoms with Crippen molar-refractivity contribution in [2.45, 2.75) is 40.2 Å². The Kier molecular flexibility index (Phi) is 6.50. The summed E-state index contributed by atoms with van der Waals surface area (Å²) in [5, 5.41) is 0. The van der Waals surface area contributed by atoms with Gasteiger partial charge >= 0.3 is 0 Å². The van der Waals surface area contributed by atoms with Gasteiger partial charge in [0.05, 0.1) is 19.8 Å². The molecule has 0 aliphatic rings. The second kappa shape index (κ2) is 7.89. The first kappa shape index (κ1) is 15.6. The maximum atomic E-state index is 6.10. The predicted octanol–water partition coefficient (Wildman–Crippen LogP) is 3.29. The zero-order valence-electron chi connectivity index (χ0n) is 12.4. The normalized spacial score (nSPS) is 12.1. The molecule has 1 aromatic rings. The second-order valence-corrected chi connectivity index (χ2v) is 4.16. The molecule has 108 valence electrons. The van der Waals surface area contributed by atoms with Gasteiger partial charge < -0.3 is 19.9 Å². The van der Waals surface area contributed by atoms with Crippen molar-refractivity contribution in [1.82, 2.24) is 0 Å². The van der Waals surface area contributed by atoms with Crippen LogP contribution in [0.5, 0.6) is 17.2 Å². The minimum atomic E-state index is -0.0194. The average molecular weight is 267 g/mol. The molecular formula is C15H25NO3. The average Bonchev–Trinajstić information content (AvgIpc) is 2.41. The van der Waals surface area contributed by atoms with Gasteiger partial charge in [0.2, 0.25) is 5.75 Å². The van der Waals surface area contributed by atoms with Crippen LogP contribution >= 0.6 is 0 Å². The third-order valence-corrected chi connectivity index (χ3v) is 2.80. The molecule has 4 heteroatoms. The highest BCUT2D eigenvalue weighted by molar-refractivity contribution is 5.54. The summed E-state index contributed by atoms with van der Waals surface area (Å²) in [5.41, 5.74) is 7.11. The van der Waals surface area contributed by atoms with Gasteiger partial charge in [-0.1, -0.05) is 6.92 Å². The Bertz CT molecular complexity index is 366. The van der Waals surface area contributed by atoms with E-state index >= 15 is 0 Å². The Morgan fingerprint density at radius 2 is 1.37 bits per heavy atom. The van der Waals surface area contributed by atoms with Crippen molar-refractivity contribution in [1.29, 1.82) is 0 Å². The third-order valence-electron chi connectivity index (χ3n) is 2.80. The first-order chi connectivity index (χ1) is 9.17. The van der Waals surface area contributed by atoms with Gasteiger partial charge in [-0.15, -0.1) is 0 Å². The van der Waals surface area contributed by atoms with Gasteiger partial charge in [-0.2, -0.15) is 0 Å². The lowest BCUT2D eigenvalue weighted by molar-refractivity contribution is 0.260. The Hall–Kier alpha value is -1.42. The van der Waals surface area contributed by atoms with Crippen molar-refractivity contribution >= 4 is 0 Å². The quantitative estimate of drug-likeness (QED) is 0.785. The molecule has 0 aliphatic heterocycles. The molecule has 1 atom stereocenters. The summed E-state index contributed by atoms with van der Waals surface area (Å²) in [6.45, 7) is 9.62. The van der Waals surface area contributed by atoms with Crippen molar-refractivity contribution in [2.75, 3.05) is 19.8 Å². The highest BCUT2D eigenvalue weighted by atomic mass is 16.5. The van der Waals surface area contributed by atoms with Crippen LogP contribution in [0.4, 0.5) is 0 Å². The highest BCUT2D eigenvalue weighted by Crippen LogP contribution is 2.40. The van der Waals surface area contributed by atoms with Crippen LogP contribution in [0, 0.1) is 0 Å². The van der Waals surface area contributed by atoms with Crippen LogP contribution in [0.15, 0.2) is 12.1 Å². The van der Waals surface area contributed by atoms with Crippen molar-refractivity contribution in [3.8, 4) is 17.2 Å². The lowest BCUT2D eigenvalue weighted by Gasteiger charge is -2.19. The molecule has 4 nitrogen and oxygen atoms in total. The molecule has 0 bridgehead atoms. The zero-order chi connectivity index (χ0) is 14.3. The summed E-state index contributed by atoms with van der Waals surface area (Å²) in [7, 11) is 0. The largest absolute Gasteiger partial charge is 0.490 e. The lowest BCUT2D eigenvalue weighted by Crippen LogP contribution is -2.10. The van der Waals surface area contributed by atoms with E-state index in [1.54, 1.807) is 0 Å². The molecule has 0 saturated carbocycles. The van der Waals surface area contributed by atoms with Crippen LogP contribution < -0.4 is 19.9 Å². The Morgan fingerprint density at radius 3 is 1.74 bits per heavy atom. The van der Waals surface area contributed by atoms with E-state index in [1.807, 2.05) is 32.9 Å². The first-order valence-electron chi connectivity index (χ1n) is 6.99. The number of hydrogen-bond donors (Lipinski definition) is 1. The number of benzene rings is 1. The van der Waals surface area contributed by atoms with Crippen LogP contribution in [-0.4, -0.2) is 19.8 Å². The fraction of sp³-hybridized carbons (Fsp3) is 0.600. The second-order valence-electron chi connectivity index (χ2n) is 4.16. The molecule has 0 amide bonds. The van der Waals surface area contributed by atoms with Crippen LogP contribution in [0.1, 0.15) is 45.7 Å². The molecule has 0 aromatic heterocycles. The topological polar surface area (TPSA) is 53.7 Å². The van der Waals surface area contributed by atoms with Gasteiger partial charge in [-0.3, -0.25) is 0 Å². The number of rotatable bonds is 8. The molecule has 1 aromatic carbocycles. The van der Waals surface area contributed by atoms with Gasteiger partial charge in [0, 0.05) is 6.04 Å². The maximum absolute atomic E-state index is 6.10. The van der Waals surface area contributed by atoms with E-state index in [1.165, 1.54) is 0 Å². The molecule has 1 unspecified atom stereocenters. The number of nitrogens with two attached hydrogens (primary N) is 1. The van der Waals surface area contributed by atoms with E-state index in [-0.39, 0.29) is 6.04 Å². The Morgan fingerprint density at radius 1 is 0.895 bits per heavy atom. The molecule has 0 saturated heterocycles. The summed E-state index contributed by atoms with van der Waals surface area (Å²) in [5.74, 6) is 2.07. The molecule has 0 aliphatic carbocycles. The number of ether oxygens (including phenoxy) is 3.